The molecule has 0 aliphatic rings. The molecule has 0 radical (unpaired) electrons. The normalized spacial score (nSPS) is 11.0. The Morgan fingerprint density at radius 2 is 2.06 bits per heavy atom. The average Bonchev–Trinajstić information content (AvgIpc) is 2.34. The van der Waals surface area contributed by atoms with Crippen molar-refractivity contribution in [1.82, 2.24) is 0 Å². The summed E-state index contributed by atoms with van der Waals surface area (Å²) in [4.78, 5) is 11.7. The van der Waals surface area contributed by atoms with Gasteiger partial charge < -0.3 is 9.52 Å². The van der Waals surface area contributed by atoms with E-state index in [2.05, 4.69) is 6.92 Å². The van der Waals surface area contributed by atoms with Crippen molar-refractivity contribution in [3.8, 4) is 5.75 Å². The van der Waals surface area contributed by atoms with Gasteiger partial charge in [-0.05, 0) is 37.5 Å². The van der Waals surface area contributed by atoms with Crippen LogP contribution in [0.15, 0.2) is 27.4 Å². The Labute approximate surface area is 106 Å². The maximum absolute atomic E-state index is 11.7. The molecule has 0 unspecified atom stereocenters. The van der Waals surface area contributed by atoms with Gasteiger partial charge in [0.25, 0.3) is 0 Å². The first kappa shape index (κ1) is 12.7. The first-order chi connectivity index (χ1) is 8.63. The van der Waals surface area contributed by atoms with Gasteiger partial charge in [-0.2, -0.15) is 0 Å². The van der Waals surface area contributed by atoms with Crippen molar-refractivity contribution in [2.45, 2.75) is 39.5 Å². The second kappa shape index (κ2) is 5.25. The molecule has 1 heterocycles. The monoisotopic (exact) mass is 246 g/mol. The molecule has 3 heteroatoms. The molecule has 96 valence electrons. The van der Waals surface area contributed by atoms with Crippen molar-refractivity contribution >= 4 is 11.0 Å². The lowest BCUT2D eigenvalue weighted by Crippen LogP contribution is -2.08. The molecule has 0 saturated heterocycles. The molecule has 0 aliphatic heterocycles. The van der Waals surface area contributed by atoms with E-state index in [4.69, 9.17) is 4.42 Å². The number of rotatable bonds is 4. The van der Waals surface area contributed by atoms with Gasteiger partial charge >= 0.3 is 5.63 Å². The second-order valence-electron chi connectivity index (χ2n) is 4.63. The van der Waals surface area contributed by atoms with Crippen LogP contribution in [0, 0.1) is 6.92 Å². The smallest absolute Gasteiger partial charge is 0.339 e. The molecule has 0 bridgehead atoms. The number of hydrogen-bond donors (Lipinski definition) is 1. The lowest BCUT2D eigenvalue weighted by atomic mass is 9.99. The van der Waals surface area contributed by atoms with E-state index in [9.17, 15) is 9.90 Å². The van der Waals surface area contributed by atoms with E-state index < -0.39 is 0 Å². The quantitative estimate of drug-likeness (QED) is 0.663. The summed E-state index contributed by atoms with van der Waals surface area (Å²) in [5.74, 6) is 0.119. The molecule has 18 heavy (non-hydrogen) atoms. The minimum absolute atomic E-state index is 0.119. The summed E-state index contributed by atoms with van der Waals surface area (Å²) in [5.41, 5.74) is 1.90. The summed E-state index contributed by atoms with van der Waals surface area (Å²) in [7, 11) is 0. The van der Waals surface area contributed by atoms with E-state index in [-0.39, 0.29) is 11.4 Å². The highest BCUT2D eigenvalue weighted by molar-refractivity contribution is 5.82. The number of hydrogen-bond acceptors (Lipinski definition) is 3. The lowest BCUT2D eigenvalue weighted by molar-refractivity contribution is 0.472. The third-order valence-electron chi connectivity index (χ3n) is 3.28. The molecule has 0 spiro atoms. The number of benzene rings is 1. The molecular weight excluding hydrogens is 228 g/mol. The Balaban J connectivity index is 2.54. The van der Waals surface area contributed by atoms with Crippen LogP contribution in [0.1, 0.15) is 37.3 Å². The van der Waals surface area contributed by atoms with Crippen LogP contribution in [0.2, 0.25) is 0 Å². The van der Waals surface area contributed by atoms with Crippen LogP contribution in [-0.4, -0.2) is 5.11 Å². The molecule has 0 atom stereocenters. The highest BCUT2D eigenvalue weighted by atomic mass is 16.4. The predicted octanol–water partition coefficient (Wildman–Crippen LogP) is 3.54. The molecule has 1 N–H and O–H groups in total. The van der Waals surface area contributed by atoms with E-state index in [0.717, 1.165) is 36.6 Å². The van der Waals surface area contributed by atoms with E-state index in [1.165, 1.54) is 6.07 Å². The maximum atomic E-state index is 11.7. The summed E-state index contributed by atoms with van der Waals surface area (Å²) < 4.78 is 5.20. The molecule has 3 nitrogen and oxygen atoms in total. The van der Waals surface area contributed by atoms with E-state index >= 15 is 0 Å². The number of phenols is 1. The molecule has 0 fully saturated rings. The topological polar surface area (TPSA) is 50.4 Å². The van der Waals surface area contributed by atoms with Crippen LogP contribution in [0.4, 0.5) is 0 Å². The van der Waals surface area contributed by atoms with Gasteiger partial charge in [0.1, 0.15) is 11.3 Å². The molecule has 2 rings (SSSR count). The van der Waals surface area contributed by atoms with Gasteiger partial charge in [0, 0.05) is 17.0 Å². The zero-order valence-electron chi connectivity index (χ0n) is 10.8. The summed E-state index contributed by atoms with van der Waals surface area (Å²) in [5, 5.41) is 10.4. The van der Waals surface area contributed by atoms with Crippen molar-refractivity contribution in [1.29, 1.82) is 0 Å². The first-order valence-corrected chi connectivity index (χ1v) is 6.38. The van der Waals surface area contributed by atoms with Crippen LogP contribution in [0.5, 0.6) is 5.75 Å². The third-order valence-corrected chi connectivity index (χ3v) is 3.28. The summed E-state index contributed by atoms with van der Waals surface area (Å²) in [6, 6.07) is 4.95. The van der Waals surface area contributed by atoms with Crippen molar-refractivity contribution < 1.29 is 9.52 Å². The summed E-state index contributed by atoms with van der Waals surface area (Å²) >= 11 is 0. The fourth-order valence-electron chi connectivity index (χ4n) is 2.22. The molecule has 1 aromatic carbocycles. The fourth-order valence-corrected chi connectivity index (χ4v) is 2.22. The SMILES string of the molecule is CCCCCc1c(C)c(=O)oc2cc(O)ccc12. The van der Waals surface area contributed by atoms with Crippen molar-refractivity contribution in [3.63, 3.8) is 0 Å². The number of aryl methyl sites for hydroxylation is 1. The zero-order chi connectivity index (χ0) is 13.1. The number of phenolic OH excluding ortho intramolecular Hbond substituents is 1. The molecule has 2 aromatic rings. The van der Waals surface area contributed by atoms with Crippen LogP contribution < -0.4 is 5.63 Å². The van der Waals surface area contributed by atoms with Crippen LogP contribution in [0.3, 0.4) is 0 Å². The Bertz CT molecular complexity index is 611. The molecule has 0 amide bonds. The van der Waals surface area contributed by atoms with E-state index in [1.807, 2.05) is 6.07 Å². The van der Waals surface area contributed by atoms with Crippen LogP contribution in [-0.2, 0) is 6.42 Å². The molecule has 0 aliphatic carbocycles. The molecule has 0 saturated carbocycles. The first-order valence-electron chi connectivity index (χ1n) is 6.38. The Kier molecular flexibility index (Phi) is 3.70. The van der Waals surface area contributed by atoms with Crippen LogP contribution >= 0.6 is 0 Å². The van der Waals surface area contributed by atoms with E-state index in [1.54, 1.807) is 13.0 Å². The van der Waals surface area contributed by atoms with E-state index in [0.29, 0.717) is 11.1 Å². The number of unbranched alkanes of at least 4 members (excludes halogenated alkanes) is 2. The highest BCUT2D eigenvalue weighted by Gasteiger charge is 2.11. The summed E-state index contributed by atoms with van der Waals surface area (Å²) in [6.45, 7) is 3.96. The van der Waals surface area contributed by atoms with Crippen molar-refractivity contribution in [2.24, 2.45) is 0 Å². The standard InChI is InChI=1S/C15H18O3/c1-3-4-5-6-12-10(2)15(17)18-14-9-11(16)7-8-13(12)14/h7-9,16H,3-6H2,1-2H3. The van der Waals surface area contributed by atoms with Crippen LogP contribution in [0.25, 0.3) is 11.0 Å². The molecule has 1 aromatic heterocycles. The van der Waals surface area contributed by atoms with Gasteiger partial charge in [0.15, 0.2) is 0 Å². The fraction of sp³-hybridized carbons (Fsp3) is 0.400. The number of aromatic hydroxyl groups is 1. The Morgan fingerprint density at radius 3 is 2.78 bits per heavy atom. The number of fused-ring (bicyclic) bond motifs is 1. The van der Waals surface area contributed by atoms with Gasteiger partial charge in [-0.15, -0.1) is 0 Å². The van der Waals surface area contributed by atoms with Gasteiger partial charge in [-0.1, -0.05) is 19.8 Å². The minimum atomic E-state index is -0.306. The predicted molar refractivity (Wildman–Crippen MR) is 72.1 cm³/mol. The van der Waals surface area contributed by atoms with Gasteiger partial charge in [-0.25, -0.2) is 4.79 Å². The highest BCUT2D eigenvalue weighted by Crippen LogP contribution is 2.25. The second-order valence-corrected chi connectivity index (χ2v) is 4.63. The Hall–Kier alpha value is -1.77. The van der Waals surface area contributed by atoms with Gasteiger partial charge in [-0.3, -0.25) is 0 Å². The third kappa shape index (κ3) is 2.40. The maximum Gasteiger partial charge on any atom is 0.339 e. The van der Waals surface area contributed by atoms with Crippen molar-refractivity contribution in [3.05, 3.63) is 39.7 Å². The van der Waals surface area contributed by atoms with Gasteiger partial charge in [0.2, 0.25) is 0 Å². The minimum Gasteiger partial charge on any atom is -0.508 e. The Morgan fingerprint density at radius 1 is 1.28 bits per heavy atom. The summed E-state index contributed by atoms with van der Waals surface area (Å²) in [6.07, 6.45) is 4.25. The zero-order valence-corrected chi connectivity index (χ0v) is 10.8. The van der Waals surface area contributed by atoms with Crippen molar-refractivity contribution in [2.75, 3.05) is 0 Å². The average molecular weight is 246 g/mol. The van der Waals surface area contributed by atoms with Gasteiger partial charge in [0.05, 0.1) is 0 Å². The lowest BCUT2D eigenvalue weighted by Gasteiger charge is -2.08. The largest absolute Gasteiger partial charge is 0.508 e. The molecular formula is C15H18O3.